The molecule has 64 valence electrons. The predicted octanol–water partition coefficient (Wildman–Crippen LogP) is -1.14. The Morgan fingerprint density at radius 1 is 1.50 bits per heavy atom. The minimum atomic E-state index is -0.363. The van der Waals surface area contributed by atoms with Crippen molar-refractivity contribution in [3.05, 3.63) is 23.8 Å². The van der Waals surface area contributed by atoms with E-state index in [1.165, 1.54) is 0 Å². The third kappa shape index (κ3) is 1.15. The second-order valence-corrected chi connectivity index (χ2v) is 2.98. The van der Waals surface area contributed by atoms with Crippen molar-refractivity contribution in [2.75, 3.05) is 6.67 Å². The minimum Gasteiger partial charge on any atom is -0.366 e. The van der Waals surface area contributed by atoms with Crippen LogP contribution in [0.2, 0.25) is 0 Å². The molecule has 0 saturated carbocycles. The van der Waals surface area contributed by atoms with Crippen LogP contribution in [-0.2, 0) is 4.79 Å². The lowest BCUT2D eigenvalue weighted by Crippen LogP contribution is -2.33. The molecule has 0 bridgehead atoms. The minimum absolute atomic E-state index is 0.220. The summed E-state index contributed by atoms with van der Waals surface area (Å²) in [5.41, 5.74) is 5.73. The summed E-state index contributed by atoms with van der Waals surface area (Å²) in [5.74, 6) is -0.363. The molecule has 0 aromatic carbocycles. The second-order valence-electron chi connectivity index (χ2n) is 2.98. The Labute approximate surface area is 70.5 Å². The lowest BCUT2D eigenvalue weighted by atomic mass is 9.99. The summed E-state index contributed by atoms with van der Waals surface area (Å²) in [6.07, 6.45) is 5.60. The largest absolute Gasteiger partial charge is 0.366 e. The molecule has 2 rings (SSSR count). The molecule has 12 heavy (non-hydrogen) atoms. The molecule has 1 fully saturated rings. The van der Waals surface area contributed by atoms with Crippen LogP contribution in [0.15, 0.2) is 23.8 Å². The number of nitrogens with two attached hydrogens (primary N) is 1. The van der Waals surface area contributed by atoms with Gasteiger partial charge in [0.25, 0.3) is 0 Å². The van der Waals surface area contributed by atoms with Crippen LogP contribution in [0.5, 0.6) is 0 Å². The van der Waals surface area contributed by atoms with Gasteiger partial charge in [0.15, 0.2) is 0 Å². The van der Waals surface area contributed by atoms with Crippen molar-refractivity contribution in [3.8, 4) is 0 Å². The number of primary amides is 1. The fourth-order valence-corrected chi connectivity index (χ4v) is 1.52. The van der Waals surface area contributed by atoms with E-state index in [-0.39, 0.29) is 11.9 Å². The Balaban J connectivity index is 2.20. The van der Waals surface area contributed by atoms with Gasteiger partial charge in [-0.3, -0.25) is 15.4 Å². The molecule has 0 aromatic heterocycles. The smallest absolute Gasteiger partial charge is 0.248 e. The molecule has 1 amide bonds. The van der Waals surface area contributed by atoms with E-state index in [9.17, 15) is 4.79 Å². The normalized spacial score (nSPS) is 32.8. The molecule has 4 N–H and O–H groups in total. The van der Waals surface area contributed by atoms with Crippen LogP contribution in [-0.4, -0.2) is 24.7 Å². The molecule has 1 aliphatic carbocycles. The van der Waals surface area contributed by atoms with Gasteiger partial charge >= 0.3 is 0 Å². The van der Waals surface area contributed by atoms with E-state index in [0.29, 0.717) is 11.6 Å². The zero-order valence-electron chi connectivity index (χ0n) is 6.58. The van der Waals surface area contributed by atoms with Crippen molar-refractivity contribution in [3.63, 3.8) is 0 Å². The van der Waals surface area contributed by atoms with Crippen LogP contribution >= 0.6 is 0 Å². The highest BCUT2D eigenvalue weighted by Crippen LogP contribution is 2.13. The number of rotatable bonds is 1. The highest BCUT2D eigenvalue weighted by atomic mass is 16.1. The first-order valence-corrected chi connectivity index (χ1v) is 3.94. The van der Waals surface area contributed by atoms with Gasteiger partial charge in [-0.25, -0.2) is 0 Å². The van der Waals surface area contributed by atoms with E-state index in [4.69, 9.17) is 5.73 Å². The Kier molecular flexibility index (Phi) is 1.71. The highest BCUT2D eigenvalue weighted by Gasteiger charge is 2.25. The molecule has 0 radical (unpaired) electrons. The Hall–Kier alpha value is -1.13. The maximum absolute atomic E-state index is 10.8. The summed E-state index contributed by atoms with van der Waals surface area (Å²) in [7, 11) is 0. The van der Waals surface area contributed by atoms with Crippen LogP contribution in [0.3, 0.4) is 0 Å². The summed E-state index contributed by atoms with van der Waals surface area (Å²) in [6, 6.07) is 0.533. The van der Waals surface area contributed by atoms with Crippen molar-refractivity contribution in [1.29, 1.82) is 0 Å². The van der Waals surface area contributed by atoms with Gasteiger partial charge in [-0.2, -0.15) is 0 Å². The first kappa shape index (κ1) is 7.52. The number of carbonyl (C=O) groups excluding carboxylic acids is 1. The summed E-state index contributed by atoms with van der Waals surface area (Å²) in [6.45, 7) is 0.780. The molecule has 4 heteroatoms. The third-order valence-corrected chi connectivity index (χ3v) is 2.19. The highest BCUT2D eigenvalue weighted by molar-refractivity contribution is 5.95. The molecule has 4 nitrogen and oxygen atoms in total. The lowest BCUT2D eigenvalue weighted by Gasteiger charge is -2.16. The SMILES string of the molecule is NC(=O)C1=CC2NCNC2C=C1. The molecule has 2 aliphatic rings. The van der Waals surface area contributed by atoms with Crippen molar-refractivity contribution >= 4 is 5.91 Å². The molecule has 0 spiro atoms. The van der Waals surface area contributed by atoms with Gasteiger partial charge in [-0.15, -0.1) is 0 Å². The quantitative estimate of drug-likeness (QED) is 0.460. The molecule has 2 atom stereocenters. The van der Waals surface area contributed by atoms with Crippen LogP contribution in [0.4, 0.5) is 0 Å². The van der Waals surface area contributed by atoms with Crippen molar-refractivity contribution in [2.24, 2.45) is 5.73 Å². The maximum Gasteiger partial charge on any atom is 0.248 e. The predicted molar refractivity (Wildman–Crippen MR) is 45.1 cm³/mol. The van der Waals surface area contributed by atoms with E-state index in [1.54, 1.807) is 6.08 Å². The van der Waals surface area contributed by atoms with Gasteiger partial charge in [-0.05, 0) is 0 Å². The van der Waals surface area contributed by atoms with Gasteiger partial charge in [0, 0.05) is 24.3 Å². The fourth-order valence-electron chi connectivity index (χ4n) is 1.52. The van der Waals surface area contributed by atoms with Crippen LogP contribution in [0.25, 0.3) is 0 Å². The summed E-state index contributed by atoms with van der Waals surface area (Å²) in [4.78, 5) is 10.8. The van der Waals surface area contributed by atoms with Gasteiger partial charge in [-0.1, -0.05) is 18.2 Å². The molecule has 1 heterocycles. The number of fused-ring (bicyclic) bond motifs is 1. The van der Waals surface area contributed by atoms with E-state index < -0.39 is 0 Å². The van der Waals surface area contributed by atoms with Gasteiger partial charge in [0.1, 0.15) is 0 Å². The fraction of sp³-hybridized carbons (Fsp3) is 0.375. The Morgan fingerprint density at radius 2 is 2.25 bits per heavy atom. The van der Waals surface area contributed by atoms with Crippen LogP contribution < -0.4 is 16.4 Å². The number of hydrogen-bond donors (Lipinski definition) is 3. The summed E-state index contributed by atoms with van der Waals surface area (Å²) in [5, 5.41) is 6.42. The average Bonchev–Trinajstić information content (AvgIpc) is 2.49. The molecular weight excluding hydrogens is 154 g/mol. The van der Waals surface area contributed by atoms with Gasteiger partial charge < -0.3 is 5.73 Å². The van der Waals surface area contributed by atoms with Crippen molar-refractivity contribution < 1.29 is 4.79 Å². The zero-order chi connectivity index (χ0) is 8.55. The average molecular weight is 165 g/mol. The van der Waals surface area contributed by atoms with E-state index in [2.05, 4.69) is 10.6 Å². The van der Waals surface area contributed by atoms with E-state index in [0.717, 1.165) is 6.67 Å². The number of amides is 1. The standard InChI is InChI=1S/C8H11N3O/c9-8(12)5-1-2-6-7(3-5)11-4-10-6/h1-3,6-7,10-11H,4H2,(H2,9,12). The summed E-state index contributed by atoms with van der Waals surface area (Å²) >= 11 is 0. The lowest BCUT2D eigenvalue weighted by molar-refractivity contribution is -0.114. The summed E-state index contributed by atoms with van der Waals surface area (Å²) < 4.78 is 0. The number of carbonyl (C=O) groups is 1. The monoisotopic (exact) mass is 165 g/mol. The second kappa shape index (κ2) is 2.73. The molecular formula is C8H11N3O. The van der Waals surface area contributed by atoms with Gasteiger partial charge in [0.05, 0.1) is 0 Å². The van der Waals surface area contributed by atoms with Crippen molar-refractivity contribution in [2.45, 2.75) is 12.1 Å². The zero-order valence-corrected chi connectivity index (χ0v) is 6.58. The number of hydrogen-bond acceptors (Lipinski definition) is 3. The van der Waals surface area contributed by atoms with Crippen LogP contribution in [0.1, 0.15) is 0 Å². The molecule has 1 aliphatic heterocycles. The Morgan fingerprint density at radius 3 is 3.00 bits per heavy atom. The van der Waals surface area contributed by atoms with Gasteiger partial charge in [0.2, 0.25) is 5.91 Å². The topological polar surface area (TPSA) is 67.2 Å². The maximum atomic E-state index is 10.8. The van der Waals surface area contributed by atoms with Crippen molar-refractivity contribution in [1.82, 2.24) is 10.6 Å². The van der Waals surface area contributed by atoms with E-state index in [1.807, 2.05) is 12.2 Å². The van der Waals surface area contributed by atoms with E-state index >= 15 is 0 Å². The first-order valence-electron chi connectivity index (χ1n) is 3.94. The Bertz CT molecular complexity index is 269. The third-order valence-electron chi connectivity index (χ3n) is 2.19. The molecule has 0 aromatic rings. The number of nitrogens with one attached hydrogen (secondary N) is 2. The molecule has 2 unspecified atom stereocenters. The molecule has 1 saturated heterocycles. The van der Waals surface area contributed by atoms with Crippen LogP contribution in [0, 0.1) is 0 Å². The first-order chi connectivity index (χ1) is 5.77.